The second-order valence-corrected chi connectivity index (χ2v) is 6.51. The predicted molar refractivity (Wildman–Crippen MR) is 97.4 cm³/mol. The van der Waals surface area contributed by atoms with E-state index in [-0.39, 0.29) is 23.8 Å². The molecule has 0 fully saturated rings. The molecule has 0 aliphatic rings. The molecule has 5 nitrogen and oxygen atoms in total. The average molecular weight is 391 g/mol. The smallest absolute Gasteiger partial charge is 0.244 e. The summed E-state index contributed by atoms with van der Waals surface area (Å²) in [6.07, 6.45) is 0.230. The third-order valence-electron chi connectivity index (χ3n) is 3.65. The zero-order chi connectivity index (χ0) is 17.9. The first-order valence-electron chi connectivity index (χ1n) is 7.39. The van der Waals surface area contributed by atoms with E-state index in [0.717, 1.165) is 16.7 Å². The van der Waals surface area contributed by atoms with Gasteiger partial charge in [0, 0.05) is 11.6 Å². The molecule has 0 aromatic heterocycles. The molecule has 6 heteroatoms. The van der Waals surface area contributed by atoms with Gasteiger partial charge in [-0.3, -0.25) is 4.79 Å². The molecule has 2 aromatic carbocycles. The first-order chi connectivity index (χ1) is 11.3. The Bertz CT molecular complexity index is 816. The number of amides is 1. The number of hydrazone groups is 1. The van der Waals surface area contributed by atoms with Crippen LogP contribution in [0.15, 0.2) is 39.9 Å². The molecule has 1 amide bonds. The number of halogens is 1. The van der Waals surface area contributed by atoms with E-state index >= 15 is 0 Å². The number of carbonyl (C=O) groups is 1. The normalized spacial score (nSPS) is 11.4. The number of phenolic OH excluding ortho intramolecular Hbond substituents is 2. The summed E-state index contributed by atoms with van der Waals surface area (Å²) < 4.78 is 0.437. The van der Waals surface area contributed by atoms with Gasteiger partial charge in [-0.05, 0) is 53.9 Å². The monoisotopic (exact) mass is 390 g/mol. The van der Waals surface area contributed by atoms with E-state index in [9.17, 15) is 15.0 Å². The average Bonchev–Trinajstić information content (AvgIpc) is 2.51. The van der Waals surface area contributed by atoms with Gasteiger partial charge in [0.1, 0.15) is 11.5 Å². The van der Waals surface area contributed by atoms with Gasteiger partial charge in [-0.1, -0.05) is 23.8 Å². The van der Waals surface area contributed by atoms with E-state index in [2.05, 4.69) is 26.5 Å². The Morgan fingerprint density at radius 3 is 2.54 bits per heavy atom. The lowest BCUT2D eigenvalue weighted by atomic mass is 10.0. The highest BCUT2D eigenvalue weighted by Crippen LogP contribution is 2.31. The summed E-state index contributed by atoms with van der Waals surface area (Å²) in [5.41, 5.74) is 6.51. The minimum Gasteiger partial charge on any atom is -0.507 e. The quantitative estimate of drug-likeness (QED) is 0.551. The molecule has 0 saturated heterocycles. The van der Waals surface area contributed by atoms with E-state index in [1.165, 1.54) is 6.07 Å². The van der Waals surface area contributed by atoms with Gasteiger partial charge in [0.2, 0.25) is 5.91 Å². The van der Waals surface area contributed by atoms with Gasteiger partial charge in [0.05, 0.1) is 16.6 Å². The third-order valence-corrected chi connectivity index (χ3v) is 4.29. The van der Waals surface area contributed by atoms with Crippen LogP contribution in [-0.4, -0.2) is 21.8 Å². The molecule has 0 radical (unpaired) electrons. The van der Waals surface area contributed by atoms with Crippen molar-refractivity contribution in [2.75, 3.05) is 0 Å². The van der Waals surface area contributed by atoms with Gasteiger partial charge in [-0.25, -0.2) is 5.43 Å². The number of carbonyl (C=O) groups excluding carboxylic acids is 1. The van der Waals surface area contributed by atoms with Gasteiger partial charge in [0.15, 0.2) is 0 Å². The fourth-order valence-electron chi connectivity index (χ4n) is 2.30. The fourth-order valence-corrected chi connectivity index (χ4v) is 2.65. The minimum atomic E-state index is -0.237. The summed E-state index contributed by atoms with van der Waals surface area (Å²) in [5.74, 6) is -0.415. The first-order valence-corrected chi connectivity index (χ1v) is 8.18. The second kappa shape index (κ2) is 7.49. The molecule has 0 atom stereocenters. The van der Waals surface area contributed by atoms with Gasteiger partial charge in [-0.2, -0.15) is 5.10 Å². The van der Waals surface area contributed by atoms with Crippen molar-refractivity contribution < 1.29 is 15.0 Å². The molecular formula is C18H19BrN2O3. The number of rotatable bonds is 4. The Kier molecular flexibility index (Phi) is 5.62. The van der Waals surface area contributed by atoms with Crippen LogP contribution in [0.25, 0.3) is 0 Å². The molecule has 0 saturated carbocycles. The molecule has 2 rings (SSSR count). The molecule has 0 spiro atoms. The summed E-state index contributed by atoms with van der Waals surface area (Å²) in [4.78, 5) is 12.1. The van der Waals surface area contributed by atoms with Crippen LogP contribution in [0.4, 0.5) is 0 Å². The number of hydrogen-bond donors (Lipinski definition) is 3. The number of aryl methyl sites for hydroxylation is 2. The lowest BCUT2D eigenvalue weighted by Crippen LogP contribution is -2.21. The van der Waals surface area contributed by atoms with Crippen molar-refractivity contribution in [1.29, 1.82) is 0 Å². The van der Waals surface area contributed by atoms with E-state index in [1.807, 2.05) is 32.0 Å². The van der Waals surface area contributed by atoms with Crippen molar-refractivity contribution in [2.24, 2.45) is 5.10 Å². The largest absolute Gasteiger partial charge is 0.507 e. The van der Waals surface area contributed by atoms with Crippen molar-refractivity contribution in [3.05, 3.63) is 57.1 Å². The number of hydrogen-bond acceptors (Lipinski definition) is 4. The zero-order valence-electron chi connectivity index (χ0n) is 13.7. The first kappa shape index (κ1) is 18.0. The van der Waals surface area contributed by atoms with E-state index < -0.39 is 0 Å². The van der Waals surface area contributed by atoms with Gasteiger partial charge < -0.3 is 10.2 Å². The van der Waals surface area contributed by atoms with Crippen LogP contribution in [0.5, 0.6) is 11.5 Å². The topological polar surface area (TPSA) is 81.9 Å². The molecule has 0 heterocycles. The highest BCUT2D eigenvalue weighted by molar-refractivity contribution is 9.10. The maximum atomic E-state index is 12.1. The summed E-state index contributed by atoms with van der Waals surface area (Å²) in [7, 11) is 0. The predicted octanol–water partition coefficient (Wildman–Crippen LogP) is 3.56. The zero-order valence-corrected chi connectivity index (χ0v) is 15.3. The van der Waals surface area contributed by atoms with Crippen molar-refractivity contribution in [1.82, 2.24) is 5.43 Å². The van der Waals surface area contributed by atoms with Crippen molar-refractivity contribution >= 4 is 27.5 Å². The standard InChI is InChI=1S/C18H19BrN2O3/c1-10-4-5-13(11(2)6-10)7-18(24)21-20-12(3)14-8-15(19)17(23)9-16(14)22/h4-6,8-9,22-23H,7H2,1-3H3,(H,21,24)/b20-12+. The molecule has 0 bridgehead atoms. The number of benzene rings is 2. The van der Waals surface area contributed by atoms with Gasteiger partial charge in [0.25, 0.3) is 0 Å². The SMILES string of the molecule is C/C(=N\NC(=O)Cc1ccc(C)cc1C)c1cc(Br)c(O)cc1O. The Balaban J connectivity index is 2.09. The van der Waals surface area contributed by atoms with Crippen LogP contribution >= 0.6 is 15.9 Å². The minimum absolute atomic E-state index is 0.0667. The molecule has 0 aliphatic carbocycles. The highest BCUT2D eigenvalue weighted by atomic mass is 79.9. The summed E-state index contributed by atoms with van der Waals surface area (Å²) >= 11 is 3.18. The lowest BCUT2D eigenvalue weighted by Gasteiger charge is -2.08. The Morgan fingerprint density at radius 2 is 1.88 bits per heavy atom. The van der Waals surface area contributed by atoms with E-state index in [0.29, 0.717) is 15.7 Å². The maximum Gasteiger partial charge on any atom is 0.244 e. The molecule has 3 N–H and O–H groups in total. The van der Waals surface area contributed by atoms with Gasteiger partial charge >= 0.3 is 0 Å². The highest BCUT2D eigenvalue weighted by Gasteiger charge is 2.11. The van der Waals surface area contributed by atoms with Crippen LogP contribution in [0.2, 0.25) is 0 Å². The van der Waals surface area contributed by atoms with Crippen LogP contribution < -0.4 is 5.43 Å². The van der Waals surface area contributed by atoms with Gasteiger partial charge in [-0.15, -0.1) is 0 Å². The van der Waals surface area contributed by atoms with Crippen LogP contribution in [0, 0.1) is 13.8 Å². The van der Waals surface area contributed by atoms with Crippen molar-refractivity contribution in [3.8, 4) is 11.5 Å². The molecule has 126 valence electrons. The van der Waals surface area contributed by atoms with Crippen molar-refractivity contribution in [3.63, 3.8) is 0 Å². The van der Waals surface area contributed by atoms with Crippen molar-refractivity contribution in [2.45, 2.75) is 27.2 Å². The third kappa shape index (κ3) is 4.35. The number of nitrogens with zero attached hydrogens (tertiary/aromatic N) is 1. The molecule has 0 aliphatic heterocycles. The number of phenols is 2. The Hall–Kier alpha value is -2.34. The molecular weight excluding hydrogens is 372 g/mol. The summed E-state index contributed by atoms with van der Waals surface area (Å²) in [6.45, 7) is 5.64. The number of nitrogens with one attached hydrogen (secondary N) is 1. The second-order valence-electron chi connectivity index (χ2n) is 5.66. The summed E-state index contributed by atoms with van der Waals surface area (Å²) in [5, 5.41) is 23.4. The molecule has 2 aromatic rings. The fraction of sp³-hybridized carbons (Fsp3) is 0.222. The van der Waals surface area contributed by atoms with E-state index in [1.54, 1.807) is 13.0 Å². The Morgan fingerprint density at radius 1 is 1.17 bits per heavy atom. The van der Waals surface area contributed by atoms with E-state index in [4.69, 9.17) is 0 Å². The summed E-state index contributed by atoms with van der Waals surface area (Å²) in [6, 6.07) is 8.69. The lowest BCUT2D eigenvalue weighted by molar-refractivity contribution is -0.120. The molecule has 24 heavy (non-hydrogen) atoms. The molecule has 0 unspecified atom stereocenters. The van der Waals surface area contributed by atoms with Crippen LogP contribution in [-0.2, 0) is 11.2 Å². The maximum absolute atomic E-state index is 12.1. The van der Waals surface area contributed by atoms with Crippen LogP contribution in [0.3, 0.4) is 0 Å². The van der Waals surface area contributed by atoms with Crippen LogP contribution in [0.1, 0.15) is 29.2 Å². The Labute approximate surface area is 149 Å². The number of aromatic hydroxyl groups is 2.